The lowest BCUT2D eigenvalue weighted by atomic mass is 10.3. The summed E-state index contributed by atoms with van der Waals surface area (Å²) in [6.45, 7) is 9.24. The molecule has 0 saturated heterocycles. The molecule has 0 atom stereocenters. The second kappa shape index (κ2) is 5.10. The molecular formula is C9H12. The van der Waals surface area contributed by atoms with Crippen molar-refractivity contribution in [1.82, 2.24) is 0 Å². The summed E-state index contributed by atoms with van der Waals surface area (Å²) < 4.78 is 0. The Labute approximate surface area is 56.9 Å². The average molecular weight is 120 g/mol. The summed E-state index contributed by atoms with van der Waals surface area (Å²) in [6, 6.07) is 0. The lowest BCUT2D eigenvalue weighted by molar-refractivity contribution is 1.70. The molecule has 0 aromatic heterocycles. The smallest absolute Gasteiger partial charge is 0.0335 e. The molecule has 0 unspecified atom stereocenters. The van der Waals surface area contributed by atoms with Gasteiger partial charge < -0.3 is 0 Å². The molecule has 0 aliphatic carbocycles. The van der Waals surface area contributed by atoms with E-state index in [1.54, 1.807) is 6.08 Å². The molecule has 0 aromatic rings. The van der Waals surface area contributed by atoms with Crippen molar-refractivity contribution in [3.8, 4) is 0 Å². The van der Waals surface area contributed by atoms with Crippen LogP contribution >= 0.6 is 0 Å². The Morgan fingerprint density at radius 3 is 2.44 bits per heavy atom. The molecule has 0 N–H and O–H groups in total. The maximum Gasteiger partial charge on any atom is -0.0335 e. The second-order valence-corrected chi connectivity index (χ2v) is 1.66. The molecule has 0 amide bonds. The Morgan fingerprint density at radius 1 is 1.33 bits per heavy atom. The highest BCUT2D eigenvalue weighted by Gasteiger charge is 1.71. The highest BCUT2D eigenvalue weighted by molar-refractivity contribution is 5.27. The molecule has 0 aliphatic rings. The van der Waals surface area contributed by atoms with E-state index in [1.807, 2.05) is 31.2 Å². The van der Waals surface area contributed by atoms with E-state index in [2.05, 4.69) is 13.2 Å². The molecule has 0 bridgehead atoms. The van der Waals surface area contributed by atoms with Gasteiger partial charge >= 0.3 is 0 Å². The van der Waals surface area contributed by atoms with E-state index < -0.39 is 0 Å². The van der Waals surface area contributed by atoms with Crippen molar-refractivity contribution in [3.63, 3.8) is 0 Å². The van der Waals surface area contributed by atoms with Gasteiger partial charge in [-0.05, 0) is 12.5 Å². The third-order valence-corrected chi connectivity index (χ3v) is 0.876. The van der Waals surface area contributed by atoms with Crippen LogP contribution in [-0.2, 0) is 0 Å². The highest BCUT2D eigenvalue weighted by atomic mass is 13.8. The number of hydrogen-bond donors (Lipinski definition) is 0. The lowest BCUT2D eigenvalue weighted by Crippen LogP contribution is -1.60. The Morgan fingerprint density at radius 2 is 2.00 bits per heavy atom. The molecule has 0 nitrogen and oxygen atoms in total. The number of rotatable bonds is 3. The number of hydrogen-bond acceptors (Lipinski definition) is 0. The average Bonchev–Trinajstić information content (AvgIpc) is 1.89. The van der Waals surface area contributed by atoms with Crippen LogP contribution in [-0.4, -0.2) is 0 Å². The van der Waals surface area contributed by atoms with Crippen LogP contribution < -0.4 is 0 Å². The fourth-order valence-electron chi connectivity index (χ4n) is 0.358. The molecule has 0 rings (SSSR count). The molecule has 0 aliphatic heterocycles. The van der Waals surface area contributed by atoms with Crippen molar-refractivity contribution in [3.05, 3.63) is 49.1 Å². The zero-order valence-corrected chi connectivity index (χ0v) is 5.80. The number of allylic oxidation sites excluding steroid dienone is 6. The van der Waals surface area contributed by atoms with Gasteiger partial charge in [0.1, 0.15) is 0 Å². The maximum atomic E-state index is 3.71. The van der Waals surface area contributed by atoms with Gasteiger partial charge in [0, 0.05) is 0 Å². The van der Waals surface area contributed by atoms with Crippen LogP contribution in [0, 0.1) is 0 Å². The third kappa shape index (κ3) is 4.82. The van der Waals surface area contributed by atoms with Crippen LogP contribution in [0.4, 0.5) is 0 Å². The fourth-order valence-corrected chi connectivity index (χ4v) is 0.358. The molecule has 9 heavy (non-hydrogen) atoms. The summed E-state index contributed by atoms with van der Waals surface area (Å²) >= 11 is 0. The standard InChI is InChI=1S/C9H12/c1-4-6-7-8-9(3)5-2/h4-8H,2-3H2,1H3. The molecule has 0 spiro atoms. The first-order chi connectivity index (χ1) is 4.31. The molecule has 0 radical (unpaired) electrons. The van der Waals surface area contributed by atoms with Gasteiger partial charge in [-0.25, -0.2) is 0 Å². The van der Waals surface area contributed by atoms with E-state index in [0.29, 0.717) is 0 Å². The van der Waals surface area contributed by atoms with Gasteiger partial charge in [0.05, 0.1) is 0 Å². The van der Waals surface area contributed by atoms with E-state index in [4.69, 9.17) is 0 Å². The normalized spacial score (nSPS) is 10.8. The summed E-state index contributed by atoms with van der Waals surface area (Å²) in [5, 5.41) is 0. The van der Waals surface area contributed by atoms with Crippen LogP contribution in [0.3, 0.4) is 0 Å². The van der Waals surface area contributed by atoms with Gasteiger partial charge in [-0.15, -0.1) is 0 Å². The Hall–Kier alpha value is -1.04. The van der Waals surface area contributed by atoms with Crippen molar-refractivity contribution in [2.45, 2.75) is 6.92 Å². The third-order valence-electron chi connectivity index (χ3n) is 0.876. The van der Waals surface area contributed by atoms with Crippen LogP contribution in [0.5, 0.6) is 0 Å². The van der Waals surface area contributed by atoms with Crippen molar-refractivity contribution in [1.29, 1.82) is 0 Å². The predicted octanol–water partition coefficient (Wildman–Crippen LogP) is 2.86. The van der Waals surface area contributed by atoms with E-state index in [1.165, 1.54) is 0 Å². The van der Waals surface area contributed by atoms with Gasteiger partial charge in [0.25, 0.3) is 0 Å². The first-order valence-corrected chi connectivity index (χ1v) is 2.92. The first kappa shape index (κ1) is 7.96. The van der Waals surface area contributed by atoms with Crippen LogP contribution in [0.15, 0.2) is 49.1 Å². The van der Waals surface area contributed by atoms with Gasteiger partial charge in [0.2, 0.25) is 0 Å². The Kier molecular flexibility index (Phi) is 4.51. The Bertz CT molecular complexity index is 147. The van der Waals surface area contributed by atoms with E-state index in [0.717, 1.165) is 5.57 Å². The van der Waals surface area contributed by atoms with E-state index in [9.17, 15) is 0 Å². The largest absolute Gasteiger partial charge is 0.0985 e. The highest BCUT2D eigenvalue weighted by Crippen LogP contribution is 1.92. The minimum absolute atomic E-state index is 0.938. The molecule has 0 aromatic carbocycles. The maximum absolute atomic E-state index is 3.71. The molecule has 0 fully saturated rings. The van der Waals surface area contributed by atoms with Crippen LogP contribution in [0.25, 0.3) is 0 Å². The van der Waals surface area contributed by atoms with Gasteiger partial charge in [-0.1, -0.05) is 43.5 Å². The quantitative estimate of drug-likeness (QED) is 0.502. The summed E-state index contributed by atoms with van der Waals surface area (Å²) in [5.41, 5.74) is 0.938. The zero-order valence-electron chi connectivity index (χ0n) is 5.80. The minimum atomic E-state index is 0.938. The van der Waals surface area contributed by atoms with Crippen LogP contribution in [0.1, 0.15) is 6.92 Å². The molecular weight excluding hydrogens is 108 g/mol. The predicted molar refractivity (Wildman–Crippen MR) is 43.3 cm³/mol. The minimum Gasteiger partial charge on any atom is -0.0985 e. The van der Waals surface area contributed by atoms with Crippen LogP contribution in [0.2, 0.25) is 0 Å². The molecule has 0 heterocycles. The van der Waals surface area contributed by atoms with Crippen molar-refractivity contribution < 1.29 is 0 Å². The monoisotopic (exact) mass is 120 g/mol. The van der Waals surface area contributed by atoms with Crippen molar-refractivity contribution in [2.24, 2.45) is 0 Å². The Balaban J connectivity index is 3.70. The zero-order chi connectivity index (χ0) is 7.11. The summed E-state index contributed by atoms with van der Waals surface area (Å²) in [7, 11) is 0. The topological polar surface area (TPSA) is 0 Å². The van der Waals surface area contributed by atoms with Crippen molar-refractivity contribution in [2.75, 3.05) is 0 Å². The lowest BCUT2D eigenvalue weighted by Gasteiger charge is -1.81. The molecule has 0 saturated carbocycles. The molecule has 0 heteroatoms. The van der Waals surface area contributed by atoms with Gasteiger partial charge in [0.15, 0.2) is 0 Å². The SMILES string of the molecule is C=CC(=C)C=CC=CC. The van der Waals surface area contributed by atoms with Gasteiger partial charge in [-0.3, -0.25) is 0 Å². The fraction of sp³-hybridized carbons (Fsp3) is 0.111. The first-order valence-electron chi connectivity index (χ1n) is 2.92. The summed E-state index contributed by atoms with van der Waals surface area (Å²) in [4.78, 5) is 0. The van der Waals surface area contributed by atoms with Crippen molar-refractivity contribution >= 4 is 0 Å². The molecule has 48 valence electrons. The van der Waals surface area contributed by atoms with E-state index in [-0.39, 0.29) is 0 Å². The van der Waals surface area contributed by atoms with E-state index >= 15 is 0 Å². The summed E-state index contributed by atoms with van der Waals surface area (Å²) in [6.07, 6.45) is 9.48. The second-order valence-electron chi connectivity index (χ2n) is 1.66. The summed E-state index contributed by atoms with van der Waals surface area (Å²) in [5.74, 6) is 0. The van der Waals surface area contributed by atoms with Gasteiger partial charge in [-0.2, -0.15) is 0 Å².